The van der Waals surface area contributed by atoms with Gasteiger partial charge in [-0.3, -0.25) is 4.79 Å². The molecule has 0 aromatic rings. The van der Waals surface area contributed by atoms with Gasteiger partial charge in [0.05, 0.1) is 0 Å². The van der Waals surface area contributed by atoms with Gasteiger partial charge in [-0.05, 0) is 49.0 Å². The molecule has 0 aliphatic heterocycles. The van der Waals surface area contributed by atoms with Gasteiger partial charge in [-0.15, -0.1) is 0 Å². The van der Waals surface area contributed by atoms with Gasteiger partial charge in [0.15, 0.2) is 5.78 Å². The molecule has 0 saturated heterocycles. The second-order valence-corrected chi connectivity index (χ2v) is 6.48. The molecule has 2 bridgehead atoms. The molecule has 0 spiro atoms. The van der Waals surface area contributed by atoms with Crippen LogP contribution in [0.5, 0.6) is 0 Å². The van der Waals surface area contributed by atoms with E-state index in [0.717, 1.165) is 5.57 Å². The van der Waals surface area contributed by atoms with E-state index in [1.165, 1.54) is 12.0 Å². The first kappa shape index (κ1) is 10.3. The zero-order chi connectivity index (χ0) is 11.7. The molecular formula is C15H20O. The van der Waals surface area contributed by atoms with E-state index in [0.29, 0.717) is 23.5 Å². The average Bonchev–Trinajstić information content (AvgIpc) is 2.63. The fraction of sp³-hybridized carbons (Fsp3) is 0.667. The molecule has 0 aromatic carbocycles. The zero-order valence-corrected chi connectivity index (χ0v) is 10.6. The van der Waals surface area contributed by atoms with Gasteiger partial charge < -0.3 is 0 Å². The topological polar surface area (TPSA) is 17.1 Å². The lowest BCUT2D eigenvalue weighted by Crippen LogP contribution is -2.27. The molecule has 1 heteroatoms. The quantitative estimate of drug-likeness (QED) is 0.567. The molecule has 0 N–H and O–H groups in total. The molecule has 0 radical (unpaired) electrons. The first-order valence-electron chi connectivity index (χ1n) is 6.34. The Hall–Kier alpha value is -0.850. The Balaban J connectivity index is 2.09. The standard InChI is InChI=1S/C15H20O/c1-8-5-11-12-6-10(13(11)14(8)16)9(2)7-15(12,3)4/h5,7,10-13H,6H2,1-4H3/t10-,11+,12-,13-/m0/s1. The number of rotatable bonds is 0. The molecule has 0 unspecified atom stereocenters. The van der Waals surface area contributed by atoms with Crippen molar-refractivity contribution < 1.29 is 4.79 Å². The van der Waals surface area contributed by atoms with Crippen molar-refractivity contribution in [3.05, 3.63) is 23.3 Å². The van der Waals surface area contributed by atoms with Crippen LogP contribution in [0.15, 0.2) is 23.3 Å². The number of allylic oxidation sites excluding steroid dienone is 4. The molecule has 3 aliphatic carbocycles. The van der Waals surface area contributed by atoms with Crippen LogP contribution in [-0.4, -0.2) is 5.78 Å². The van der Waals surface area contributed by atoms with Crippen molar-refractivity contribution in [1.82, 2.24) is 0 Å². The minimum Gasteiger partial charge on any atom is -0.294 e. The van der Waals surface area contributed by atoms with Gasteiger partial charge in [0, 0.05) is 5.92 Å². The average molecular weight is 216 g/mol. The summed E-state index contributed by atoms with van der Waals surface area (Å²) in [5.74, 6) is 2.42. The van der Waals surface area contributed by atoms with Crippen molar-refractivity contribution in [2.24, 2.45) is 29.1 Å². The third-order valence-electron chi connectivity index (χ3n) is 5.09. The fourth-order valence-electron chi connectivity index (χ4n) is 4.38. The molecule has 0 heterocycles. The molecule has 1 saturated carbocycles. The summed E-state index contributed by atoms with van der Waals surface area (Å²) in [7, 11) is 0. The van der Waals surface area contributed by atoms with Gasteiger partial charge in [-0.25, -0.2) is 0 Å². The summed E-state index contributed by atoms with van der Waals surface area (Å²) in [6, 6.07) is 0. The monoisotopic (exact) mass is 216 g/mol. The molecule has 86 valence electrons. The molecule has 3 aliphatic rings. The van der Waals surface area contributed by atoms with Gasteiger partial charge in [0.25, 0.3) is 0 Å². The summed E-state index contributed by atoms with van der Waals surface area (Å²) >= 11 is 0. The molecule has 0 aromatic heterocycles. The highest BCUT2D eigenvalue weighted by molar-refractivity contribution is 6.00. The predicted molar refractivity (Wildman–Crippen MR) is 64.9 cm³/mol. The lowest BCUT2D eigenvalue weighted by atomic mass is 9.69. The largest absolute Gasteiger partial charge is 0.294 e. The lowest BCUT2D eigenvalue weighted by molar-refractivity contribution is -0.119. The number of hydrogen-bond donors (Lipinski definition) is 0. The van der Waals surface area contributed by atoms with Crippen LogP contribution in [0.1, 0.15) is 34.1 Å². The highest BCUT2D eigenvalue weighted by Gasteiger charge is 2.55. The van der Waals surface area contributed by atoms with Crippen molar-refractivity contribution in [2.75, 3.05) is 0 Å². The Morgan fingerprint density at radius 1 is 1.31 bits per heavy atom. The van der Waals surface area contributed by atoms with Gasteiger partial charge >= 0.3 is 0 Å². The molecule has 16 heavy (non-hydrogen) atoms. The van der Waals surface area contributed by atoms with Crippen molar-refractivity contribution in [3.63, 3.8) is 0 Å². The van der Waals surface area contributed by atoms with Crippen LogP contribution < -0.4 is 0 Å². The van der Waals surface area contributed by atoms with Gasteiger partial charge in [-0.1, -0.05) is 31.6 Å². The minimum atomic E-state index is 0.265. The Morgan fingerprint density at radius 3 is 2.69 bits per heavy atom. The van der Waals surface area contributed by atoms with E-state index in [4.69, 9.17) is 0 Å². The van der Waals surface area contributed by atoms with E-state index < -0.39 is 0 Å². The molecule has 4 atom stereocenters. The summed E-state index contributed by atoms with van der Waals surface area (Å²) in [6.45, 7) is 8.85. The molecular weight excluding hydrogens is 196 g/mol. The van der Waals surface area contributed by atoms with Crippen molar-refractivity contribution >= 4 is 5.78 Å². The second kappa shape index (κ2) is 2.88. The second-order valence-electron chi connectivity index (χ2n) is 6.48. The Morgan fingerprint density at radius 2 is 2.00 bits per heavy atom. The lowest BCUT2D eigenvalue weighted by Gasteiger charge is -2.35. The predicted octanol–water partition coefficient (Wildman–Crippen LogP) is 3.37. The van der Waals surface area contributed by atoms with E-state index in [2.05, 4.69) is 32.9 Å². The highest BCUT2D eigenvalue weighted by Crippen LogP contribution is 2.59. The van der Waals surface area contributed by atoms with Crippen molar-refractivity contribution in [3.8, 4) is 0 Å². The Kier molecular flexibility index (Phi) is 1.86. The number of carbonyl (C=O) groups excluding carboxylic acids is 1. The molecule has 3 rings (SSSR count). The van der Waals surface area contributed by atoms with Crippen LogP contribution in [0.25, 0.3) is 0 Å². The number of carbonyl (C=O) groups is 1. The summed E-state index contributed by atoms with van der Waals surface area (Å²) in [5.41, 5.74) is 2.72. The van der Waals surface area contributed by atoms with E-state index in [9.17, 15) is 4.79 Å². The SMILES string of the molecule is CC1=C[C@H]2[C@@H](C1=O)[C@H]1C[C@@H]2C(C)(C)C=C1C. The van der Waals surface area contributed by atoms with Crippen LogP contribution in [-0.2, 0) is 4.79 Å². The highest BCUT2D eigenvalue weighted by atomic mass is 16.1. The van der Waals surface area contributed by atoms with E-state index in [1.54, 1.807) is 0 Å². The van der Waals surface area contributed by atoms with E-state index in [-0.39, 0.29) is 11.3 Å². The minimum absolute atomic E-state index is 0.265. The smallest absolute Gasteiger partial charge is 0.162 e. The number of hydrogen-bond acceptors (Lipinski definition) is 1. The number of ketones is 1. The van der Waals surface area contributed by atoms with Crippen LogP contribution in [0.3, 0.4) is 0 Å². The van der Waals surface area contributed by atoms with Gasteiger partial charge in [-0.2, -0.15) is 0 Å². The van der Waals surface area contributed by atoms with E-state index in [1.807, 2.05) is 6.92 Å². The normalized spacial score (nSPS) is 44.1. The van der Waals surface area contributed by atoms with Crippen molar-refractivity contribution in [2.45, 2.75) is 34.1 Å². The molecule has 0 amide bonds. The Labute approximate surface area is 97.6 Å². The molecule has 1 fully saturated rings. The molecule has 1 nitrogen and oxygen atoms in total. The maximum absolute atomic E-state index is 12.2. The van der Waals surface area contributed by atoms with Crippen LogP contribution in [0, 0.1) is 29.1 Å². The summed E-state index contributed by atoms with van der Waals surface area (Å²) in [4.78, 5) is 12.2. The first-order valence-corrected chi connectivity index (χ1v) is 6.34. The maximum Gasteiger partial charge on any atom is 0.162 e. The van der Waals surface area contributed by atoms with Crippen LogP contribution >= 0.6 is 0 Å². The van der Waals surface area contributed by atoms with E-state index >= 15 is 0 Å². The third-order valence-corrected chi connectivity index (χ3v) is 5.09. The maximum atomic E-state index is 12.2. The first-order chi connectivity index (χ1) is 7.42. The number of Topliss-reactive ketones (excluding diaryl/α,β-unsaturated/α-hetero) is 1. The van der Waals surface area contributed by atoms with Crippen LogP contribution in [0.4, 0.5) is 0 Å². The summed E-state index contributed by atoms with van der Waals surface area (Å²) in [5, 5.41) is 0. The Bertz CT molecular complexity index is 425. The third kappa shape index (κ3) is 1.09. The van der Waals surface area contributed by atoms with Crippen LogP contribution in [0.2, 0.25) is 0 Å². The van der Waals surface area contributed by atoms with Gasteiger partial charge in [0.1, 0.15) is 0 Å². The zero-order valence-electron chi connectivity index (χ0n) is 10.6. The number of fused-ring (bicyclic) bond motifs is 5. The van der Waals surface area contributed by atoms with Gasteiger partial charge in [0.2, 0.25) is 0 Å². The summed E-state index contributed by atoms with van der Waals surface area (Å²) < 4.78 is 0. The van der Waals surface area contributed by atoms with Crippen molar-refractivity contribution in [1.29, 1.82) is 0 Å². The summed E-state index contributed by atoms with van der Waals surface area (Å²) in [6.07, 6.45) is 5.90. The fourth-order valence-corrected chi connectivity index (χ4v) is 4.38.